The van der Waals surface area contributed by atoms with E-state index in [-0.39, 0.29) is 96.2 Å². The number of carboxylic acid groups (broad SMARTS) is 1. The van der Waals surface area contributed by atoms with Crippen LogP contribution in [0.5, 0.6) is 0 Å². The van der Waals surface area contributed by atoms with E-state index in [4.69, 9.17) is 56.3 Å². The molecule has 26 nitrogen and oxygen atoms in total. The minimum atomic E-state index is -0.763. The molecule has 33 heteroatoms. The third kappa shape index (κ3) is 21.9. The van der Waals surface area contributed by atoms with Crippen molar-refractivity contribution >= 4 is 212 Å². The second kappa shape index (κ2) is 42.8. The van der Waals surface area contributed by atoms with Gasteiger partial charge in [0.15, 0.2) is 0 Å². The zero-order chi connectivity index (χ0) is 95.1. The van der Waals surface area contributed by atoms with Crippen molar-refractivity contribution in [2.24, 2.45) is 98.9 Å². The Morgan fingerprint density at radius 1 is 0.410 bits per heavy atom. The number of carbonyl (C=O) groups excluding carboxylic acids is 3. The molecule has 7 aromatic carbocycles. The Balaban J connectivity index is 0.000000114. The lowest BCUT2D eigenvalue weighted by Gasteiger charge is -2.34. The molecular formula is C101H120Br7N19O7. The zero-order valence-corrected chi connectivity index (χ0v) is 86.6. The Morgan fingerprint density at radius 3 is 1.02 bits per heavy atom. The number of halogens is 7. The Labute approximate surface area is 837 Å². The maximum Gasteiger partial charge on any atom is 0.306 e. The number of H-pyrrole nitrogens is 7. The maximum atomic E-state index is 12.2. The van der Waals surface area contributed by atoms with E-state index in [1.807, 2.05) is 60.7 Å². The number of aromatic amines is 7. The van der Waals surface area contributed by atoms with Gasteiger partial charge in [0.05, 0.1) is 19.1 Å². The molecule has 7 aliphatic carbocycles. The van der Waals surface area contributed by atoms with Crippen LogP contribution in [0.25, 0.3) is 76.3 Å². The fourth-order valence-electron chi connectivity index (χ4n) is 21.4. The van der Waals surface area contributed by atoms with Gasteiger partial charge in [0.25, 0.3) is 0 Å². The van der Waals surface area contributed by atoms with Crippen LogP contribution in [0.1, 0.15) is 180 Å². The number of aliphatic carboxylic acids is 1. The third-order valence-corrected chi connectivity index (χ3v) is 31.7. The van der Waals surface area contributed by atoms with Crippen LogP contribution >= 0.6 is 112 Å². The molecule has 14 aromatic rings. The number of primary amides is 1. The summed E-state index contributed by atoms with van der Waals surface area (Å²) in [6, 6.07) is 43.1. The van der Waals surface area contributed by atoms with Crippen LogP contribution in [0.15, 0.2) is 159 Å². The van der Waals surface area contributed by atoms with E-state index in [2.05, 4.69) is 237 Å². The maximum absolute atomic E-state index is 12.2. The number of amides is 3. The predicted octanol–water partition coefficient (Wildman–Crippen LogP) is 18.2. The summed E-state index contributed by atoms with van der Waals surface area (Å²) in [5, 5.41) is 29.8. The van der Waals surface area contributed by atoms with Gasteiger partial charge in [-0.05, 0) is 280 Å². The number of rotatable bonds is 10. The minimum Gasteiger partial charge on any atom is -0.481 e. The van der Waals surface area contributed by atoms with E-state index in [0.29, 0.717) is 69.4 Å². The molecule has 1 aliphatic heterocycles. The number of nitrogens with zero attached hydrogens (tertiary/aromatic N) is 2. The SMILES string of the molecule is CC(C)C1Cc2c([nH]c3ccc(Br)cc23)C(N)C1.CN(C)C(=O)C1Cc2c([nH]c3ccc(Br)cc23)C(N)C1.NC(=O)C1Cc2c([nH]c3ccc(Br)cc23)C(N)C1.NC1CC(C(=O)O)Cc2c1[nH]c1ccc(Br)cc21.NC1CC(CN2CCOCC2)Cc2c1[nH]c1ccc(Br)cc21.NC1CC(CO)Cc2c1[nH]c1ccc(Br)cc21.NCCNC(=O)C1Cc2c([nH]c3ccc(Br)cc23)C(N)C1. The summed E-state index contributed by atoms with van der Waals surface area (Å²) in [5.41, 5.74) is 78.8. The fraction of sp³-hybridized carbons (Fsp3) is 0.406. The highest BCUT2D eigenvalue weighted by molar-refractivity contribution is 9.11. The van der Waals surface area contributed by atoms with E-state index in [9.17, 15) is 29.4 Å². The first kappa shape index (κ1) is 99.1. The van der Waals surface area contributed by atoms with Crippen molar-refractivity contribution in [2.45, 2.75) is 146 Å². The largest absolute Gasteiger partial charge is 0.481 e. The number of nitrogens with one attached hydrogen (secondary N) is 8. The lowest BCUT2D eigenvalue weighted by atomic mass is 9.78. The molecule has 0 spiro atoms. The number of nitrogens with two attached hydrogens (primary N) is 9. The van der Waals surface area contributed by atoms with Crippen LogP contribution < -0.4 is 56.9 Å². The molecule has 14 atom stereocenters. The molecule has 0 saturated carbocycles. The molecule has 8 heterocycles. The molecule has 1 fully saturated rings. The molecule has 1 saturated heterocycles. The first-order chi connectivity index (χ1) is 64.1. The molecule has 0 radical (unpaired) electrons. The van der Waals surface area contributed by atoms with Crippen molar-refractivity contribution < 1.29 is 34.1 Å². The van der Waals surface area contributed by atoms with Gasteiger partial charge < -0.3 is 112 Å². The lowest BCUT2D eigenvalue weighted by Crippen LogP contribution is -2.41. The van der Waals surface area contributed by atoms with Gasteiger partial charge in [-0.2, -0.15) is 0 Å². The molecule has 134 heavy (non-hydrogen) atoms. The summed E-state index contributed by atoms with van der Waals surface area (Å²) >= 11 is 24.6. The second-order valence-corrected chi connectivity index (χ2v) is 44.4. The zero-order valence-electron chi connectivity index (χ0n) is 75.5. The molecule has 28 N–H and O–H groups in total. The number of benzene rings is 7. The summed E-state index contributed by atoms with van der Waals surface area (Å²) in [6.07, 6.45) is 11.4. The molecule has 7 aromatic heterocycles. The van der Waals surface area contributed by atoms with E-state index in [1.165, 1.54) is 66.2 Å². The van der Waals surface area contributed by atoms with Crippen molar-refractivity contribution in [2.75, 3.05) is 66.6 Å². The van der Waals surface area contributed by atoms with Crippen LogP contribution in [0.4, 0.5) is 0 Å². The molecular weight excluding hydrogens is 2150 g/mol. The monoisotopic (exact) mass is 2260 g/mol. The summed E-state index contributed by atoms with van der Waals surface area (Å²) in [6.45, 7) is 10.8. The van der Waals surface area contributed by atoms with Crippen LogP contribution in [-0.4, -0.2) is 145 Å². The average Bonchev–Trinajstić information content (AvgIpc) is 1.65. The Kier molecular flexibility index (Phi) is 31.7. The standard InChI is InChI=1S/C17H22BrN3O.C15H19BrN4O.C15H18BrN3O.C15H19BrN2.C13H14BrN3O.C13H13BrN2O2.C13H15BrN2O/c18-12-1-2-16-13(9-12)14-7-11(8-15(19)17(14)20-16)10-21-3-5-22-6-4-21;16-9-1-2-13-10(7-9)11-5-8(15(21)19-4-3-17)6-12(18)14(11)20-13;1-19(2)15(20)8-5-11-10-7-9(16)3-4-13(10)18-14(11)12(17)6-8;1-8(2)9-5-12-11-7-10(16)3-4-14(11)18-15(12)13(17)6-9;14-7-1-2-11-8(5-7)9-3-6(13(16)18)4-10(15)12(9)17-11;14-7-1-2-11-8(5-7)9-3-6(13(17)18)4-10(15)12(9)16-11;14-8-1-2-12-9(5-8)10-3-7(6-17)4-11(15)13(10)16-12/h1-2,9,11,15,20H,3-8,10,19H2;1-2,7-8,12,20H,3-6,17-18H2,(H,19,21);3-4,7-8,12,18H,5-6,17H2,1-2H3;3-4,7-9,13,18H,5-6,17H2,1-2H3;1-2,5-6,10,17H,3-4,15H2,(H2,16,18);1-2,5-6,10,16H,3-4,15H2,(H,17,18);1-2,5,7,11,16-17H,3-4,6,15H2. The normalized spacial score (nSPS) is 23.3. The summed E-state index contributed by atoms with van der Waals surface area (Å²) in [5.74, 6) is 0.849. The highest BCUT2D eigenvalue weighted by Crippen LogP contribution is 2.46. The smallest absolute Gasteiger partial charge is 0.306 e. The summed E-state index contributed by atoms with van der Waals surface area (Å²) in [7, 11) is 3.60. The van der Waals surface area contributed by atoms with Crippen LogP contribution in [-0.2, 0) is 68.9 Å². The van der Waals surface area contributed by atoms with Crippen LogP contribution in [0, 0.1) is 47.3 Å². The molecule has 22 rings (SSSR count). The van der Waals surface area contributed by atoms with E-state index in [1.54, 1.807) is 19.0 Å². The van der Waals surface area contributed by atoms with Crippen molar-refractivity contribution in [1.29, 1.82) is 0 Å². The number of carbonyl (C=O) groups is 4. The first-order valence-electron chi connectivity index (χ1n) is 46.2. The Hall–Kier alpha value is -7.88. The number of hydrogen-bond donors (Lipinski definition) is 19. The van der Waals surface area contributed by atoms with Gasteiger partial charge in [-0.25, -0.2) is 0 Å². The Morgan fingerprint density at radius 2 is 0.694 bits per heavy atom. The molecule has 8 aliphatic rings. The number of aromatic nitrogens is 7. The number of aliphatic hydroxyl groups excluding tert-OH is 1. The average molecular weight is 2270 g/mol. The number of hydrogen-bond acceptors (Lipinski definition) is 15. The first-order valence-corrected chi connectivity index (χ1v) is 51.7. The van der Waals surface area contributed by atoms with Gasteiger partial charge in [0.2, 0.25) is 17.7 Å². The van der Waals surface area contributed by atoms with Crippen LogP contribution in [0.2, 0.25) is 0 Å². The van der Waals surface area contributed by atoms with E-state index < -0.39 is 5.97 Å². The number of ether oxygens (including phenoxy) is 1. The fourth-order valence-corrected chi connectivity index (χ4v) is 23.9. The van der Waals surface area contributed by atoms with Gasteiger partial charge >= 0.3 is 5.97 Å². The third-order valence-electron chi connectivity index (χ3n) is 28.2. The van der Waals surface area contributed by atoms with Crippen LogP contribution in [0.3, 0.4) is 0 Å². The topological polar surface area (TPSA) is 481 Å². The highest BCUT2D eigenvalue weighted by Gasteiger charge is 2.39. The molecule has 0 bridgehead atoms. The van der Waals surface area contributed by atoms with E-state index in [0.717, 1.165) is 204 Å². The molecule has 3 amide bonds. The van der Waals surface area contributed by atoms with Crippen molar-refractivity contribution in [3.05, 3.63) is 238 Å². The molecule has 710 valence electrons. The van der Waals surface area contributed by atoms with Crippen molar-refractivity contribution in [3.8, 4) is 0 Å². The van der Waals surface area contributed by atoms with Gasteiger partial charge in [-0.3, -0.25) is 24.1 Å². The van der Waals surface area contributed by atoms with Gasteiger partial charge in [-0.15, -0.1) is 0 Å². The Bertz CT molecular complexity index is 6550. The summed E-state index contributed by atoms with van der Waals surface area (Å²) < 4.78 is 12.9. The second-order valence-electron chi connectivity index (χ2n) is 37.9. The van der Waals surface area contributed by atoms with Crippen molar-refractivity contribution in [1.82, 2.24) is 50.0 Å². The van der Waals surface area contributed by atoms with E-state index >= 15 is 0 Å². The van der Waals surface area contributed by atoms with Crippen molar-refractivity contribution in [3.63, 3.8) is 0 Å². The summed E-state index contributed by atoms with van der Waals surface area (Å²) in [4.78, 5) is 75.1. The molecule has 14 unspecified atom stereocenters. The van der Waals surface area contributed by atoms with Gasteiger partial charge in [-0.1, -0.05) is 125 Å². The number of carboxylic acids is 1. The highest BCUT2D eigenvalue weighted by atomic mass is 79.9. The number of morpholine rings is 1. The quantitative estimate of drug-likeness (QED) is 0.0605. The van der Waals surface area contributed by atoms with Gasteiger partial charge in [0.1, 0.15) is 0 Å². The van der Waals surface area contributed by atoms with Gasteiger partial charge in [0, 0.05) is 261 Å². The lowest BCUT2D eigenvalue weighted by molar-refractivity contribution is -0.142. The number of aliphatic hydroxyl groups is 1. The predicted molar refractivity (Wildman–Crippen MR) is 560 cm³/mol. The minimum absolute atomic E-state index is 0.0158. The number of fused-ring (bicyclic) bond motifs is 21.